The van der Waals surface area contributed by atoms with E-state index in [9.17, 15) is 15.0 Å². The average molecular weight is 339 g/mol. The third kappa shape index (κ3) is 1.73. The number of hydrogen-bond acceptors (Lipinski definition) is 2. The van der Waals surface area contributed by atoms with Crippen LogP contribution in [0.1, 0.15) is 54.4 Å². The summed E-state index contributed by atoms with van der Waals surface area (Å²) in [7, 11) is 0. The lowest BCUT2D eigenvalue weighted by Crippen LogP contribution is -2.43. The van der Waals surface area contributed by atoms with Crippen molar-refractivity contribution in [1.82, 2.24) is 0 Å². The number of halogens is 1. The van der Waals surface area contributed by atoms with E-state index >= 15 is 0 Å². The fourth-order valence-corrected chi connectivity index (χ4v) is 4.47. The highest BCUT2D eigenvalue weighted by atomic mass is 79.9. The van der Waals surface area contributed by atoms with E-state index in [-0.39, 0.29) is 5.75 Å². The van der Waals surface area contributed by atoms with Crippen LogP contribution in [0.4, 0.5) is 0 Å². The quantitative estimate of drug-likeness (QED) is 0.861. The zero-order chi connectivity index (χ0) is 14.5. The Morgan fingerprint density at radius 3 is 2.25 bits per heavy atom. The minimum atomic E-state index is -0.872. The number of carbonyl (C=O) groups is 1. The number of phenols is 1. The van der Waals surface area contributed by atoms with Gasteiger partial charge in [-0.2, -0.15) is 0 Å². The van der Waals surface area contributed by atoms with Gasteiger partial charge in [0.2, 0.25) is 0 Å². The van der Waals surface area contributed by atoms with Crippen LogP contribution in [0.2, 0.25) is 0 Å². The highest BCUT2D eigenvalue weighted by Crippen LogP contribution is 2.52. The molecule has 0 unspecified atom stereocenters. The molecule has 0 radical (unpaired) electrons. The molecular weight excluding hydrogens is 320 g/mol. The Labute approximate surface area is 127 Å². The summed E-state index contributed by atoms with van der Waals surface area (Å²) >= 11 is 3.50. The monoisotopic (exact) mass is 338 g/mol. The molecule has 2 N–H and O–H groups in total. The van der Waals surface area contributed by atoms with Crippen molar-refractivity contribution in [2.24, 2.45) is 0 Å². The molecule has 0 heterocycles. The average Bonchev–Trinajstić information content (AvgIpc) is 2.38. The number of carboxylic acids is 1. The number of hydrogen-bond donors (Lipinski definition) is 2. The van der Waals surface area contributed by atoms with Gasteiger partial charge in [-0.05, 0) is 78.1 Å². The highest BCUT2D eigenvalue weighted by Gasteiger charge is 2.49. The predicted octanol–water partition coefficient (Wildman–Crippen LogP) is 3.85. The molecule has 3 nitrogen and oxygen atoms in total. The molecular formula is C16H19BrO3. The summed E-state index contributed by atoms with van der Waals surface area (Å²) < 4.78 is 0.723. The topological polar surface area (TPSA) is 57.5 Å². The zero-order valence-electron chi connectivity index (χ0n) is 11.6. The Hall–Kier alpha value is -1.03. The van der Waals surface area contributed by atoms with Crippen molar-refractivity contribution in [3.8, 4) is 5.75 Å². The number of rotatable bonds is 2. The zero-order valence-corrected chi connectivity index (χ0v) is 13.2. The molecule has 1 aromatic carbocycles. The van der Waals surface area contributed by atoms with Crippen LogP contribution in [0.25, 0.3) is 0 Å². The molecule has 108 valence electrons. The normalized spacial score (nSPS) is 20.1. The molecule has 2 aliphatic rings. The molecule has 3 rings (SSSR count). The third-order valence-corrected chi connectivity index (χ3v) is 5.95. The van der Waals surface area contributed by atoms with Gasteiger partial charge in [-0.25, -0.2) is 0 Å². The van der Waals surface area contributed by atoms with Crippen molar-refractivity contribution >= 4 is 21.9 Å². The summed E-state index contributed by atoms with van der Waals surface area (Å²) in [6.45, 7) is 1.98. The summed E-state index contributed by atoms with van der Waals surface area (Å²) in [6, 6.07) is 0. The van der Waals surface area contributed by atoms with Crippen LogP contribution in [-0.2, 0) is 23.1 Å². The van der Waals surface area contributed by atoms with E-state index in [2.05, 4.69) is 15.9 Å². The van der Waals surface area contributed by atoms with Gasteiger partial charge in [-0.3, -0.25) is 4.79 Å². The second-order valence-corrected chi connectivity index (χ2v) is 6.86. The number of aromatic hydroxyl groups is 1. The van der Waals surface area contributed by atoms with Crippen LogP contribution in [0.3, 0.4) is 0 Å². The predicted molar refractivity (Wildman–Crippen MR) is 80.4 cm³/mol. The highest BCUT2D eigenvalue weighted by molar-refractivity contribution is 9.10. The van der Waals surface area contributed by atoms with Gasteiger partial charge in [0.25, 0.3) is 0 Å². The minimum Gasteiger partial charge on any atom is -0.506 e. The molecule has 1 aromatic rings. The largest absolute Gasteiger partial charge is 0.506 e. The standard InChI is InChI=1S/C16H19BrO3/c1-9-10-5-2-3-6-11(10)13(17)14(18)12(9)16(15(19)20)7-4-8-16/h18H,2-8H2,1H3,(H,19,20). The van der Waals surface area contributed by atoms with Gasteiger partial charge in [-0.15, -0.1) is 0 Å². The molecule has 4 heteroatoms. The van der Waals surface area contributed by atoms with Crippen molar-refractivity contribution in [3.05, 3.63) is 26.7 Å². The van der Waals surface area contributed by atoms with E-state index < -0.39 is 11.4 Å². The fraction of sp³-hybridized carbons (Fsp3) is 0.562. The molecule has 2 aliphatic carbocycles. The summed E-state index contributed by atoms with van der Waals surface area (Å²) in [5, 5.41) is 20.2. The van der Waals surface area contributed by atoms with E-state index in [0.29, 0.717) is 18.4 Å². The molecule has 20 heavy (non-hydrogen) atoms. The van der Waals surface area contributed by atoms with E-state index in [4.69, 9.17) is 0 Å². The maximum atomic E-state index is 11.8. The Bertz CT molecular complexity index is 588. The molecule has 0 atom stereocenters. The summed E-state index contributed by atoms with van der Waals surface area (Å²) in [6.07, 6.45) is 6.40. The maximum Gasteiger partial charge on any atom is 0.314 e. The van der Waals surface area contributed by atoms with E-state index in [1.54, 1.807) is 0 Å². The van der Waals surface area contributed by atoms with E-state index in [1.807, 2.05) is 6.92 Å². The van der Waals surface area contributed by atoms with Crippen molar-refractivity contribution in [3.63, 3.8) is 0 Å². The summed E-state index contributed by atoms with van der Waals surface area (Å²) in [5.41, 5.74) is 3.22. The number of aliphatic carboxylic acids is 1. The fourth-order valence-electron chi connectivity index (χ4n) is 3.83. The lowest BCUT2D eigenvalue weighted by atomic mass is 9.62. The van der Waals surface area contributed by atoms with Crippen molar-refractivity contribution < 1.29 is 15.0 Å². The molecule has 0 spiro atoms. The van der Waals surface area contributed by atoms with Gasteiger partial charge >= 0.3 is 5.97 Å². The van der Waals surface area contributed by atoms with Gasteiger partial charge in [0, 0.05) is 5.56 Å². The third-order valence-electron chi connectivity index (χ3n) is 5.10. The Balaban J connectivity index is 2.26. The second kappa shape index (κ2) is 4.76. The van der Waals surface area contributed by atoms with Gasteiger partial charge in [-0.1, -0.05) is 6.42 Å². The van der Waals surface area contributed by atoms with Crippen LogP contribution in [0, 0.1) is 6.92 Å². The Morgan fingerprint density at radius 1 is 1.15 bits per heavy atom. The van der Waals surface area contributed by atoms with E-state index in [1.165, 1.54) is 11.1 Å². The van der Waals surface area contributed by atoms with Crippen molar-refractivity contribution in [2.75, 3.05) is 0 Å². The van der Waals surface area contributed by atoms with Gasteiger partial charge in [0.15, 0.2) is 0 Å². The molecule has 0 aromatic heterocycles. The first-order valence-electron chi connectivity index (χ1n) is 7.25. The van der Waals surface area contributed by atoms with Crippen molar-refractivity contribution in [2.45, 2.75) is 57.3 Å². The first-order valence-corrected chi connectivity index (χ1v) is 8.05. The number of benzene rings is 1. The van der Waals surface area contributed by atoms with E-state index in [0.717, 1.165) is 42.1 Å². The van der Waals surface area contributed by atoms with Gasteiger partial charge in [0.1, 0.15) is 5.75 Å². The lowest BCUT2D eigenvalue weighted by molar-refractivity contribution is -0.147. The van der Waals surface area contributed by atoms with Crippen LogP contribution in [0.5, 0.6) is 5.75 Å². The number of carboxylic acid groups (broad SMARTS) is 1. The molecule has 1 saturated carbocycles. The van der Waals surface area contributed by atoms with Gasteiger partial charge < -0.3 is 10.2 Å². The smallest absolute Gasteiger partial charge is 0.314 e. The molecule has 0 aliphatic heterocycles. The molecule has 1 fully saturated rings. The van der Waals surface area contributed by atoms with Gasteiger partial charge in [0.05, 0.1) is 9.89 Å². The number of fused-ring (bicyclic) bond motifs is 1. The SMILES string of the molecule is Cc1c2c(c(Br)c(O)c1C1(C(=O)O)CCC1)CCCC2. The van der Waals surface area contributed by atoms with Crippen molar-refractivity contribution in [1.29, 1.82) is 0 Å². The first kappa shape index (κ1) is 13.9. The molecule has 0 amide bonds. The second-order valence-electron chi connectivity index (χ2n) is 6.07. The summed E-state index contributed by atoms with van der Waals surface area (Å²) in [5.74, 6) is -0.643. The van der Waals surface area contributed by atoms with Crippen LogP contribution < -0.4 is 0 Å². The molecule has 0 saturated heterocycles. The Morgan fingerprint density at radius 2 is 1.75 bits per heavy atom. The first-order chi connectivity index (χ1) is 9.49. The summed E-state index contributed by atoms with van der Waals surface area (Å²) in [4.78, 5) is 11.8. The lowest BCUT2D eigenvalue weighted by Gasteiger charge is -2.40. The number of phenolic OH excluding ortho intramolecular Hbond substituents is 1. The van der Waals surface area contributed by atoms with Crippen LogP contribution >= 0.6 is 15.9 Å². The molecule has 0 bridgehead atoms. The Kier molecular flexibility index (Phi) is 3.32. The van der Waals surface area contributed by atoms with Crippen LogP contribution in [0.15, 0.2) is 4.47 Å². The van der Waals surface area contributed by atoms with Crippen LogP contribution in [-0.4, -0.2) is 16.2 Å². The minimum absolute atomic E-state index is 0.158. The maximum absolute atomic E-state index is 11.8.